The summed E-state index contributed by atoms with van der Waals surface area (Å²) in [7, 11) is 0. The van der Waals surface area contributed by atoms with Crippen molar-refractivity contribution < 1.29 is 9.53 Å². The summed E-state index contributed by atoms with van der Waals surface area (Å²) in [5.41, 5.74) is 6.20. The Kier molecular flexibility index (Phi) is 3.75. The van der Waals surface area contributed by atoms with Gasteiger partial charge in [-0.3, -0.25) is 4.79 Å². The Hall–Kier alpha value is -1.62. The number of thiocarbonyl (C=S) groups is 1. The molecule has 0 radical (unpaired) electrons. The van der Waals surface area contributed by atoms with Crippen molar-refractivity contribution in [1.82, 2.24) is 5.32 Å². The number of carbonyl (C=O) groups excluding carboxylic acids is 1. The molecule has 0 aliphatic carbocycles. The van der Waals surface area contributed by atoms with E-state index >= 15 is 0 Å². The molecule has 0 saturated heterocycles. The maximum absolute atomic E-state index is 12.2. The summed E-state index contributed by atoms with van der Waals surface area (Å²) in [6.45, 7) is 4.64. The van der Waals surface area contributed by atoms with Crippen LogP contribution in [-0.4, -0.2) is 24.0 Å². The standard InChI is InChI=1S/C14H18N2O2S/c1-14(2,13(15)19)8-16-12(17)10-7-18-11-6-4-3-5-9(10)11/h3-6,10H,7-8H2,1-2H3,(H2,15,19)(H,16,17). The minimum Gasteiger partial charge on any atom is -0.492 e. The Bertz CT molecular complexity index is 514. The van der Waals surface area contributed by atoms with E-state index < -0.39 is 0 Å². The number of nitrogens with two attached hydrogens (primary N) is 1. The molecular weight excluding hydrogens is 260 g/mol. The summed E-state index contributed by atoms with van der Waals surface area (Å²) < 4.78 is 5.50. The zero-order valence-electron chi connectivity index (χ0n) is 11.1. The van der Waals surface area contributed by atoms with Gasteiger partial charge in [-0.15, -0.1) is 0 Å². The van der Waals surface area contributed by atoms with Crippen LogP contribution in [-0.2, 0) is 4.79 Å². The first-order chi connectivity index (χ1) is 8.92. The molecule has 102 valence electrons. The maximum atomic E-state index is 12.2. The normalized spacial score (nSPS) is 17.5. The Morgan fingerprint density at radius 2 is 2.21 bits per heavy atom. The molecule has 1 amide bonds. The molecule has 1 heterocycles. The Morgan fingerprint density at radius 1 is 1.53 bits per heavy atom. The Morgan fingerprint density at radius 3 is 2.89 bits per heavy atom. The van der Waals surface area contributed by atoms with E-state index in [2.05, 4.69) is 5.32 Å². The lowest BCUT2D eigenvalue weighted by Gasteiger charge is -2.24. The third-order valence-corrected chi connectivity index (χ3v) is 3.94. The Balaban J connectivity index is 2.01. The van der Waals surface area contributed by atoms with Crippen LogP contribution in [0, 0.1) is 5.41 Å². The van der Waals surface area contributed by atoms with Crippen LogP contribution in [0.15, 0.2) is 24.3 Å². The molecule has 0 bridgehead atoms. The number of hydrogen-bond donors (Lipinski definition) is 2. The van der Waals surface area contributed by atoms with Crippen LogP contribution in [0.4, 0.5) is 0 Å². The summed E-state index contributed by atoms with van der Waals surface area (Å²) in [6, 6.07) is 7.61. The number of benzene rings is 1. The molecule has 4 nitrogen and oxygen atoms in total. The van der Waals surface area contributed by atoms with Gasteiger partial charge >= 0.3 is 0 Å². The van der Waals surface area contributed by atoms with Gasteiger partial charge in [0.05, 0.1) is 4.99 Å². The predicted molar refractivity (Wildman–Crippen MR) is 78.3 cm³/mol. The van der Waals surface area contributed by atoms with Crippen molar-refractivity contribution in [2.24, 2.45) is 11.1 Å². The van der Waals surface area contributed by atoms with Crippen molar-refractivity contribution >= 4 is 23.1 Å². The molecule has 1 aromatic rings. The van der Waals surface area contributed by atoms with Crippen molar-refractivity contribution in [2.45, 2.75) is 19.8 Å². The number of hydrogen-bond acceptors (Lipinski definition) is 3. The molecule has 3 N–H and O–H groups in total. The van der Waals surface area contributed by atoms with Crippen molar-refractivity contribution in [3.63, 3.8) is 0 Å². The fraction of sp³-hybridized carbons (Fsp3) is 0.429. The van der Waals surface area contributed by atoms with E-state index in [0.29, 0.717) is 18.1 Å². The fourth-order valence-electron chi connectivity index (χ4n) is 1.90. The SMILES string of the molecule is CC(C)(CNC(=O)C1COc2ccccc21)C(N)=S. The highest BCUT2D eigenvalue weighted by atomic mass is 32.1. The molecule has 2 rings (SSSR count). The molecule has 1 atom stereocenters. The second-order valence-corrected chi connectivity index (χ2v) is 5.81. The highest BCUT2D eigenvalue weighted by Gasteiger charge is 2.31. The lowest BCUT2D eigenvalue weighted by atomic mass is 9.93. The first-order valence-corrected chi connectivity index (χ1v) is 6.62. The predicted octanol–water partition coefficient (Wildman–Crippen LogP) is 1.59. The fourth-order valence-corrected chi connectivity index (χ4v) is 1.97. The van der Waals surface area contributed by atoms with Crippen molar-refractivity contribution in [3.05, 3.63) is 29.8 Å². The third-order valence-electron chi connectivity index (χ3n) is 3.39. The van der Waals surface area contributed by atoms with Crippen LogP contribution < -0.4 is 15.8 Å². The van der Waals surface area contributed by atoms with Crippen LogP contribution in [0.5, 0.6) is 5.75 Å². The van der Waals surface area contributed by atoms with Crippen LogP contribution >= 0.6 is 12.2 Å². The van der Waals surface area contributed by atoms with Crippen molar-refractivity contribution in [3.8, 4) is 5.75 Å². The number of rotatable bonds is 4. The molecule has 1 aromatic carbocycles. The van der Waals surface area contributed by atoms with Crippen LogP contribution in [0.25, 0.3) is 0 Å². The van der Waals surface area contributed by atoms with E-state index in [1.807, 2.05) is 38.1 Å². The topological polar surface area (TPSA) is 64.3 Å². The molecule has 5 heteroatoms. The molecule has 1 aliphatic heterocycles. The molecule has 0 fully saturated rings. The highest BCUT2D eigenvalue weighted by molar-refractivity contribution is 7.80. The summed E-state index contributed by atoms with van der Waals surface area (Å²) in [4.78, 5) is 12.6. The lowest BCUT2D eigenvalue weighted by Crippen LogP contribution is -2.43. The van der Waals surface area contributed by atoms with E-state index in [1.54, 1.807) is 0 Å². The van der Waals surface area contributed by atoms with Gasteiger partial charge in [-0.1, -0.05) is 44.3 Å². The summed E-state index contributed by atoms with van der Waals surface area (Å²) in [6.07, 6.45) is 0. The van der Waals surface area contributed by atoms with Gasteiger partial charge in [0.1, 0.15) is 18.3 Å². The van der Waals surface area contributed by atoms with Crippen molar-refractivity contribution in [2.75, 3.05) is 13.2 Å². The largest absolute Gasteiger partial charge is 0.492 e. The second-order valence-electron chi connectivity index (χ2n) is 5.37. The van der Waals surface area contributed by atoms with Gasteiger partial charge < -0.3 is 15.8 Å². The van der Waals surface area contributed by atoms with Crippen molar-refractivity contribution in [1.29, 1.82) is 0 Å². The molecule has 0 aromatic heterocycles. The highest BCUT2D eigenvalue weighted by Crippen LogP contribution is 2.33. The maximum Gasteiger partial charge on any atom is 0.231 e. The average molecular weight is 278 g/mol. The van der Waals surface area contributed by atoms with Crippen LogP contribution in [0.2, 0.25) is 0 Å². The number of nitrogens with one attached hydrogen (secondary N) is 1. The van der Waals surface area contributed by atoms with Crippen LogP contribution in [0.3, 0.4) is 0 Å². The van der Waals surface area contributed by atoms with Gasteiger partial charge in [0.25, 0.3) is 0 Å². The minimum atomic E-state index is -0.385. The Labute approximate surface area is 118 Å². The number of ether oxygens (including phenoxy) is 1. The van der Waals surface area contributed by atoms with E-state index in [-0.39, 0.29) is 17.2 Å². The first-order valence-electron chi connectivity index (χ1n) is 6.21. The summed E-state index contributed by atoms with van der Waals surface area (Å²) >= 11 is 4.98. The van der Waals surface area contributed by atoms with Gasteiger partial charge in [-0.25, -0.2) is 0 Å². The van der Waals surface area contributed by atoms with Gasteiger partial charge in [0, 0.05) is 17.5 Å². The van der Waals surface area contributed by atoms with Gasteiger partial charge in [0.15, 0.2) is 0 Å². The molecule has 1 unspecified atom stereocenters. The number of para-hydroxylation sites is 1. The third kappa shape index (κ3) is 2.87. The van der Waals surface area contributed by atoms with Gasteiger partial charge in [-0.2, -0.15) is 0 Å². The van der Waals surface area contributed by atoms with E-state index in [4.69, 9.17) is 22.7 Å². The summed E-state index contributed by atoms with van der Waals surface area (Å²) in [5, 5.41) is 2.90. The first kappa shape index (κ1) is 13.8. The zero-order valence-corrected chi connectivity index (χ0v) is 11.9. The lowest BCUT2D eigenvalue weighted by molar-refractivity contribution is -0.123. The average Bonchev–Trinajstić information content (AvgIpc) is 2.79. The molecular formula is C14H18N2O2S. The smallest absolute Gasteiger partial charge is 0.231 e. The molecule has 1 aliphatic rings. The monoisotopic (exact) mass is 278 g/mol. The van der Waals surface area contributed by atoms with Gasteiger partial charge in [-0.05, 0) is 6.07 Å². The number of amides is 1. The summed E-state index contributed by atoms with van der Waals surface area (Å²) in [5.74, 6) is 0.490. The second kappa shape index (κ2) is 5.17. The van der Waals surface area contributed by atoms with Gasteiger partial charge in [0.2, 0.25) is 5.91 Å². The quantitative estimate of drug-likeness (QED) is 0.821. The van der Waals surface area contributed by atoms with E-state index in [1.165, 1.54) is 0 Å². The molecule has 0 saturated carbocycles. The molecule has 19 heavy (non-hydrogen) atoms. The molecule has 0 spiro atoms. The van der Waals surface area contributed by atoms with E-state index in [0.717, 1.165) is 11.3 Å². The van der Waals surface area contributed by atoms with Crippen LogP contribution in [0.1, 0.15) is 25.3 Å². The number of fused-ring (bicyclic) bond motifs is 1. The zero-order chi connectivity index (χ0) is 14.0. The number of carbonyl (C=O) groups is 1. The van der Waals surface area contributed by atoms with E-state index in [9.17, 15) is 4.79 Å². The minimum absolute atomic E-state index is 0.0470.